The van der Waals surface area contributed by atoms with Gasteiger partial charge in [0.15, 0.2) is 10.8 Å². The maximum absolute atomic E-state index is 12.5. The van der Waals surface area contributed by atoms with E-state index in [1.807, 2.05) is 55.1 Å². The van der Waals surface area contributed by atoms with E-state index in [-0.39, 0.29) is 11.9 Å². The standard InChI is InChI=1S/C18H17N5OS2/c1-10(2)23-11(3)8-13(22-23)16(24)21-18-20-14(9-25-18)17-19-12-6-4-5-7-15(12)26-17/h4-10H,1-3H3,(H,20,21,24). The number of thiazole rings is 2. The van der Waals surface area contributed by atoms with Gasteiger partial charge in [0.2, 0.25) is 0 Å². The minimum absolute atomic E-state index is 0.210. The number of nitrogens with zero attached hydrogens (tertiary/aromatic N) is 4. The van der Waals surface area contributed by atoms with Gasteiger partial charge in [0.1, 0.15) is 10.7 Å². The first-order valence-corrected chi connectivity index (χ1v) is 9.90. The first-order chi connectivity index (χ1) is 12.5. The Morgan fingerprint density at radius 1 is 1.23 bits per heavy atom. The quantitative estimate of drug-likeness (QED) is 0.551. The van der Waals surface area contributed by atoms with Crippen molar-refractivity contribution in [1.82, 2.24) is 19.7 Å². The Morgan fingerprint density at radius 3 is 2.77 bits per heavy atom. The first kappa shape index (κ1) is 16.9. The molecule has 0 spiro atoms. The van der Waals surface area contributed by atoms with E-state index in [1.54, 1.807) is 17.4 Å². The summed E-state index contributed by atoms with van der Waals surface area (Å²) in [6.45, 7) is 6.01. The smallest absolute Gasteiger partial charge is 0.277 e. The number of carbonyl (C=O) groups is 1. The molecule has 0 aliphatic heterocycles. The lowest BCUT2D eigenvalue weighted by atomic mass is 10.3. The number of anilines is 1. The summed E-state index contributed by atoms with van der Waals surface area (Å²) in [6.07, 6.45) is 0. The van der Waals surface area contributed by atoms with Gasteiger partial charge in [-0.1, -0.05) is 12.1 Å². The second-order valence-corrected chi connectivity index (χ2v) is 8.08. The van der Waals surface area contributed by atoms with Crippen LogP contribution in [-0.2, 0) is 0 Å². The zero-order valence-electron chi connectivity index (χ0n) is 14.6. The molecule has 0 saturated heterocycles. The van der Waals surface area contributed by atoms with E-state index in [0.717, 1.165) is 26.6 Å². The highest BCUT2D eigenvalue weighted by atomic mass is 32.1. The van der Waals surface area contributed by atoms with Gasteiger partial charge in [0.25, 0.3) is 5.91 Å². The average Bonchev–Trinajstić information content (AvgIpc) is 3.31. The predicted octanol–water partition coefficient (Wildman–Crippen LogP) is 4.76. The number of carbonyl (C=O) groups excluding carboxylic acids is 1. The van der Waals surface area contributed by atoms with Gasteiger partial charge in [-0.05, 0) is 39.0 Å². The largest absolute Gasteiger partial charge is 0.296 e. The Labute approximate surface area is 158 Å². The molecule has 8 heteroatoms. The molecule has 1 amide bonds. The number of aromatic nitrogens is 4. The zero-order valence-corrected chi connectivity index (χ0v) is 16.2. The van der Waals surface area contributed by atoms with E-state index in [9.17, 15) is 4.79 Å². The molecule has 0 aliphatic carbocycles. The third kappa shape index (κ3) is 3.13. The number of fused-ring (bicyclic) bond motifs is 1. The molecule has 132 valence electrons. The summed E-state index contributed by atoms with van der Waals surface area (Å²) in [5.74, 6) is -0.252. The average molecular weight is 384 g/mol. The number of hydrogen-bond acceptors (Lipinski definition) is 6. The summed E-state index contributed by atoms with van der Waals surface area (Å²) >= 11 is 2.98. The van der Waals surface area contributed by atoms with E-state index >= 15 is 0 Å². The normalized spacial score (nSPS) is 11.4. The van der Waals surface area contributed by atoms with Crippen molar-refractivity contribution in [3.8, 4) is 10.7 Å². The maximum Gasteiger partial charge on any atom is 0.277 e. The van der Waals surface area contributed by atoms with Crippen molar-refractivity contribution in [1.29, 1.82) is 0 Å². The number of benzene rings is 1. The Morgan fingerprint density at radius 2 is 2.04 bits per heavy atom. The molecule has 0 radical (unpaired) electrons. The Balaban J connectivity index is 1.54. The van der Waals surface area contributed by atoms with Gasteiger partial charge in [-0.15, -0.1) is 22.7 Å². The number of nitrogens with one attached hydrogen (secondary N) is 1. The minimum atomic E-state index is -0.252. The van der Waals surface area contributed by atoms with Gasteiger partial charge in [-0.25, -0.2) is 9.97 Å². The van der Waals surface area contributed by atoms with E-state index in [4.69, 9.17) is 0 Å². The summed E-state index contributed by atoms with van der Waals surface area (Å²) in [7, 11) is 0. The SMILES string of the molecule is Cc1cc(C(=O)Nc2nc(-c3nc4ccccc4s3)cs2)nn1C(C)C. The van der Waals surface area contributed by atoms with Crippen molar-refractivity contribution in [2.24, 2.45) is 0 Å². The van der Waals surface area contributed by atoms with Crippen LogP contribution in [0.15, 0.2) is 35.7 Å². The number of hydrogen-bond donors (Lipinski definition) is 1. The summed E-state index contributed by atoms with van der Waals surface area (Å²) < 4.78 is 2.96. The van der Waals surface area contributed by atoms with E-state index in [2.05, 4.69) is 20.4 Å². The van der Waals surface area contributed by atoms with Crippen LogP contribution < -0.4 is 5.32 Å². The van der Waals surface area contributed by atoms with Crippen LogP contribution in [0.5, 0.6) is 0 Å². The summed E-state index contributed by atoms with van der Waals surface area (Å²) in [4.78, 5) is 21.6. The fraction of sp³-hybridized carbons (Fsp3) is 0.222. The number of rotatable bonds is 4. The zero-order chi connectivity index (χ0) is 18.3. The van der Waals surface area contributed by atoms with E-state index < -0.39 is 0 Å². The fourth-order valence-electron chi connectivity index (χ4n) is 2.69. The van der Waals surface area contributed by atoms with Crippen LogP contribution in [0.1, 0.15) is 36.1 Å². The molecule has 4 rings (SSSR count). The Kier molecular flexibility index (Phi) is 4.29. The fourth-order valence-corrected chi connectivity index (χ4v) is 4.38. The highest BCUT2D eigenvalue weighted by Gasteiger charge is 2.16. The molecule has 0 unspecified atom stereocenters. The number of amides is 1. The van der Waals surface area contributed by atoms with Crippen molar-refractivity contribution in [3.63, 3.8) is 0 Å². The van der Waals surface area contributed by atoms with Crippen molar-refractivity contribution < 1.29 is 4.79 Å². The van der Waals surface area contributed by atoms with Crippen LogP contribution in [-0.4, -0.2) is 25.7 Å². The summed E-state index contributed by atoms with van der Waals surface area (Å²) in [5, 5.41) is 10.5. The molecule has 0 bridgehead atoms. The van der Waals surface area contributed by atoms with Crippen molar-refractivity contribution in [2.75, 3.05) is 5.32 Å². The van der Waals surface area contributed by atoms with Crippen LogP contribution in [0, 0.1) is 6.92 Å². The molecule has 3 aromatic heterocycles. The molecule has 26 heavy (non-hydrogen) atoms. The van der Waals surface area contributed by atoms with E-state index in [1.165, 1.54) is 11.3 Å². The molecule has 0 fully saturated rings. The second kappa shape index (κ2) is 6.62. The van der Waals surface area contributed by atoms with Gasteiger partial charge in [-0.2, -0.15) is 5.10 Å². The third-order valence-electron chi connectivity index (χ3n) is 3.88. The second-order valence-electron chi connectivity index (χ2n) is 6.19. The molecule has 0 aliphatic rings. The van der Waals surface area contributed by atoms with Crippen molar-refractivity contribution in [3.05, 3.63) is 47.1 Å². The molecule has 4 aromatic rings. The highest BCUT2D eigenvalue weighted by molar-refractivity contribution is 7.22. The third-order valence-corrected chi connectivity index (χ3v) is 5.70. The van der Waals surface area contributed by atoms with Crippen LogP contribution in [0.2, 0.25) is 0 Å². The topological polar surface area (TPSA) is 72.7 Å². The van der Waals surface area contributed by atoms with Crippen LogP contribution in [0.3, 0.4) is 0 Å². The highest BCUT2D eigenvalue weighted by Crippen LogP contribution is 2.32. The van der Waals surface area contributed by atoms with Crippen molar-refractivity contribution in [2.45, 2.75) is 26.8 Å². The van der Waals surface area contributed by atoms with Crippen molar-refractivity contribution >= 4 is 43.9 Å². The van der Waals surface area contributed by atoms with E-state index in [0.29, 0.717) is 10.8 Å². The summed E-state index contributed by atoms with van der Waals surface area (Å²) in [6, 6.07) is 9.99. The molecular formula is C18H17N5OS2. The first-order valence-electron chi connectivity index (χ1n) is 8.20. The monoisotopic (exact) mass is 383 g/mol. The van der Waals surface area contributed by atoms with Gasteiger partial charge in [0, 0.05) is 17.1 Å². The molecule has 0 saturated carbocycles. The Hall–Kier alpha value is -2.58. The lowest BCUT2D eigenvalue weighted by Crippen LogP contribution is -2.13. The van der Waals surface area contributed by atoms with Crippen LogP contribution >= 0.6 is 22.7 Å². The lowest BCUT2D eigenvalue weighted by molar-refractivity contribution is 0.102. The van der Waals surface area contributed by atoms with Gasteiger partial charge < -0.3 is 0 Å². The molecule has 6 nitrogen and oxygen atoms in total. The number of para-hydroxylation sites is 1. The van der Waals surface area contributed by atoms with Crippen LogP contribution in [0.25, 0.3) is 20.9 Å². The lowest BCUT2D eigenvalue weighted by Gasteiger charge is -2.06. The van der Waals surface area contributed by atoms with Gasteiger partial charge >= 0.3 is 0 Å². The molecule has 1 aromatic carbocycles. The molecular weight excluding hydrogens is 366 g/mol. The number of aryl methyl sites for hydroxylation is 1. The minimum Gasteiger partial charge on any atom is -0.296 e. The molecule has 1 N–H and O–H groups in total. The summed E-state index contributed by atoms with van der Waals surface area (Å²) in [5.41, 5.74) is 3.09. The van der Waals surface area contributed by atoms with Gasteiger partial charge in [-0.3, -0.25) is 14.8 Å². The maximum atomic E-state index is 12.5. The molecule has 3 heterocycles. The molecule has 0 atom stereocenters. The van der Waals surface area contributed by atoms with Crippen LogP contribution in [0.4, 0.5) is 5.13 Å². The Bertz CT molecular complexity index is 1060. The predicted molar refractivity (Wildman–Crippen MR) is 106 cm³/mol. The van der Waals surface area contributed by atoms with Gasteiger partial charge in [0.05, 0.1) is 10.2 Å².